The number of carbonyl (C=O) groups is 2. The molecule has 3 rings (SSSR count). The Labute approximate surface area is 149 Å². The van der Waals surface area contributed by atoms with Crippen molar-refractivity contribution in [1.82, 2.24) is 4.90 Å². The highest BCUT2D eigenvalue weighted by molar-refractivity contribution is 7.10. The van der Waals surface area contributed by atoms with Gasteiger partial charge in [0.15, 0.2) is 0 Å². The van der Waals surface area contributed by atoms with Crippen molar-refractivity contribution in [1.29, 1.82) is 0 Å². The topological polar surface area (TPSA) is 57.6 Å². The van der Waals surface area contributed by atoms with Crippen molar-refractivity contribution in [2.45, 2.75) is 38.8 Å². The van der Waals surface area contributed by atoms with E-state index in [9.17, 15) is 14.7 Å². The van der Waals surface area contributed by atoms with Crippen LogP contribution in [0, 0.1) is 11.8 Å². The van der Waals surface area contributed by atoms with Crippen molar-refractivity contribution in [3.63, 3.8) is 0 Å². The molecule has 0 aliphatic heterocycles. The third-order valence-electron chi connectivity index (χ3n) is 4.54. The Morgan fingerprint density at radius 2 is 1.62 bits per heavy atom. The fourth-order valence-electron chi connectivity index (χ4n) is 3.29. The lowest BCUT2D eigenvalue weighted by Gasteiger charge is -2.31. The molecule has 4 nitrogen and oxygen atoms in total. The van der Waals surface area contributed by atoms with Crippen LogP contribution >= 0.6 is 22.7 Å². The number of aliphatic carboxylic acids is 1. The molecular weight excluding hydrogens is 342 g/mol. The molecule has 128 valence electrons. The average Bonchev–Trinajstić information content (AvgIpc) is 3.27. The number of amides is 1. The van der Waals surface area contributed by atoms with E-state index in [1.165, 1.54) is 0 Å². The minimum atomic E-state index is -0.768. The van der Waals surface area contributed by atoms with Gasteiger partial charge in [-0.05, 0) is 42.2 Å². The summed E-state index contributed by atoms with van der Waals surface area (Å²) < 4.78 is 0. The second-order valence-corrected chi connectivity index (χ2v) is 8.32. The van der Waals surface area contributed by atoms with Gasteiger partial charge in [-0.15, -0.1) is 22.7 Å². The average molecular weight is 364 g/mol. The van der Waals surface area contributed by atoms with Crippen LogP contribution < -0.4 is 0 Å². The van der Waals surface area contributed by atoms with Crippen LogP contribution in [0.15, 0.2) is 35.0 Å². The second-order valence-electron chi connectivity index (χ2n) is 6.25. The van der Waals surface area contributed by atoms with E-state index in [1.54, 1.807) is 22.7 Å². The molecule has 24 heavy (non-hydrogen) atoms. The maximum absolute atomic E-state index is 13.1. The first-order valence-corrected chi connectivity index (χ1v) is 9.96. The van der Waals surface area contributed by atoms with Crippen LogP contribution in [0.4, 0.5) is 0 Å². The zero-order valence-corrected chi connectivity index (χ0v) is 15.0. The van der Waals surface area contributed by atoms with Crippen molar-refractivity contribution in [3.05, 3.63) is 44.8 Å². The van der Waals surface area contributed by atoms with Crippen LogP contribution in [0.25, 0.3) is 0 Å². The van der Waals surface area contributed by atoms with Crippen molar-refractivity contribution < 1.29 is 14.7 Å². The van der Waals surface area contributed by atoms with Gasteiger partial charge in [0.05, 0.1) is 19.0 Å². The Kier molecular flexibility index (Phi) is 5.68. The van der Waals surface area contributed by atoms with E-state index >= 15 is 0 Å². The number of carboxylic acids is 1. The SMILES string of the molecule is O=C(O)C1CCCC(C(=O)N(Cc2cccs2)Cc2cccs2)C1. The van der Waals surface area contributed by atoms with Gasteiger partial charge in [0.2, 0.25) is 5.91 Å². The molecule has 1 amide bonds. The fraction of sp³-hybridized carbons (Fsp3) is 0.444. The van der Waals surface area contributed by atoms with E-state index in [4.69, 9.17) is 0 Å². The molecule has 0 radical (unpaired) electrons. The lowest BCUT2D eigenvalue weighted by Crippen LogP contribution is -2.38. The Morgan fingerprint density at radius 1 is 1.04 bits per heavy atom. The molecule has 2 heterocycles. The zero-order chi connectivity index (χ0) is 16.9. The predicted molar refractivity (Wildman–Crippen MR) is 96.0 cm³/mol. The highest BCUT2D eigenvalue weighted by Crippen LogP contribution is 2.31. The summed E-state index contributed by atoms with van der Waals surface area (Å²) in [6.45, 7) is 1.20. The lowest BCUT2D eigenvalue weighted by atomic mass is 9.80. The Hall–Kier alpha value is -1.66. The molecule has 1 fully saturated rings. The summed E-state index contributed by atoms with van der Waals surface area (Å²) in [4.78, 5) is 28.6. The molecule has 0 saturated heterocycles. The molecule has 2 unspecified atom stereocenters. The smallest absolute Gasteiger partial charge is 0.306 e. The molecule has 2 atom stereocenters. The number of nitrogens with zero attached hydrogens (tertiary/aromatic N) is 1. The zero-order valence-electron chi connectivity index (χ0n) is 13.4. The lowest BCUT2D eigenvalue weighted by molar-refractivity contribution is -0.145. The van der Waals surface area contributed by atoms with Gasteiger partial charge >= 0.3 is 5.97 Å². The molecule has 0 aromatic carbocycles. The number of rotatable bonds is 6. The monoisotopic (exact) mass is 363 g/mol. The summed E-state index contributed by atoms with van der Waals surface area (Å²) in [5.41, 5.74) is 0. The van der Waals surface area contributed by atoms with E-state index in [0.717, 1.165) is 22.6 Å². The summed E-state index contributed by atoms with van der Waals surface area (Å²) in [5.74, 6) is -1.21. The van der Waals surface area contributed by atoms with Crippen molar-refractivity contribution in [2.24, 2.45) is 11.8 Å². The molecule has 1 aliphatic rings. The predicted octanol–water partition coefficient (Wildman–Crippen LogP) is 4.23. The van der Waals surface area contributed by atoms with E-state index < -0.39 is 5.97 Å². The van der Waals surface area contributed by atoms with Gasteiger partial charge in [0.1, 0.15) is 0 Å². The van der Waals surface area contributed by atoms with Crippen LogP contribution in [0.5, 0.6) is 0 Å². The quantitative estimate of drug-likeness (QED) is 0.835. The number of carboxylic acid groups (broad SMARTS) is 1. The van der Waals surface area contributed by atoms with Crippen molar-refractivity contribution in [3.8, 4) is 0 Å². The van der Waals surface area contributed by atoms with Crippen LogP contribution in [0.3, 0.4) is 0 Å². The molecule has 6 heteroatoms. The van der Waals surface area contributed by atoms with Crippen LogP contribution in [0.2, 0.25) is 0 Å². The molecule has 2 aromatic rings. The summed E-state index contributed by atoms with van der Waals surface area (Å²) in [7, 11) is 0. The van der Waals surface area contributed by atoms with Gasteiger partial charge in [-0.3, -0.25) is 9.59 Å². The van der Waals surface area contributed by atoms with E-state index in [-0.39, 0.29) is 17.7 Å². The van der Waals surface area contributed by atoms with Crippen molar-refractivity contribution >= 4 is 34.6 Å². The molecule has 1 saturated carbocycles. The van der Waals surface area contributed by atoms with E-state index in [2.05, 4.69) is 0 Å². The summed E-state index contributed by atoms with van der Waals surface area (Å²) in [6.07, 6.45) is 2.78. The minimum Gasteiger partial charge on any atom is -0.481 e. The Bertz CT molecular complexity index is 630. The van der Waals surface area contributed by atoms with Gasteiger partial charge in [-0.1, -0.05) is 18.6 Å². The number of carbonyl (C=O) groups excluding carboxylic acids is 1. The highest BCUT2D eigenvalue weighted by atomic mass is 32.1. The fourth-order valence-corrected chi connectivity index (χ4v) is 4.73. The standard InChI is InChI=1S/C18H21NO3S2/c20-17(13-4-1-5-14(10-13)18(21)22)19(11-15-6-2-8-23-15)12-16-7-3-9-24-16/h2-3,6-9,13-14H,1,4-5,10-12H2,(H,21,22). The second kappa shape index (κ2) is 7.94. The molecular formula is C18H21NO3S2. The summed E-state index contributed by atoms with van der Waals surface area (Å²) in [6, 6.07) is 8.07. The minimum absolute atomic E-state index is 0.0998. The third-order valence-corrected chi connectivity index (χ3v) is 6.26. The maximum atomic E-state index is 13.1. The number of hydrogen-bond acceptors (Lipinski definition) is 4. The highest BCUT2D eigenvalue weighted by Gasteiger charge is 2.33. The van der Waals surface area contributed by atoms with Gasteiger partial charge in [0.25, 0.3) is 0 Å². The molecule has 0 bridgehead atoms. The Balaban J connectivity index is 1.73. The third kappa shape index (κ3) is 4.24. The van der Waals surface area contributed by atoms with E-state index in [0.29, 0.717) is 25.9 Å². The van der Waals surface area contributed by atoms with Crippen LogP contribution in [-0.4, -0.2) is 21.9 Å². The molecule has 2 aromatic heterocycles. The van der Waals surface area contributed by atoms with Gasteiger partial charge in [-0.2, -0.15) is 0 Å². The molecule has 0 spiro atoms. The van der Waals surface area contributed by atoms with Crippen LogP contribution in [0.1, 0.15) is 35.4 Å². The van der Waals surface area contributed by atoms with E-state index in [1.807, 2.05) is 39.9 Å². The molecule has 1 N–H and O–H groups in total. The Morgan fingerprint density at radius 3 is 2.12 bits per heavy atom. The van der Waals surface area contributed by atoms with Crippen LogP contribution in [-0.2, 0) is 22.7 Å². The van der Waals surface area contributed by atoms with Gasteiger partial charge in [0, 0.05) is 15.7 Å². The first-order chi connectivity index (χ1) is 11.6. The first-order valence-electron chi connectivity index (χ1n) is 8.20. The summed E-state index contributed by atoms with van der Waals surface area (Å²) >= 11 is 3.30. The normalized spacial score (nSPS) is 20.7. The van der Waals surface area contributed by atoms with Gasteiger partial charge < -0.3 is 10.0 Å². The largest absolute Gasteiger partial charge is 0.481 e. The van der Waals surface area contributed by atoms with Crippen molar-refractivity contribution in [2.75, 3.05) is 0 Å². The number of thiophene rings is 2. The first kappa shape index (κ1) is 17.2. The molecule has 1 aliphatic carbocycles. The van der Waals surface area contributed by atoms with Gasteiger partial charge in [-0.25, -0.2) is 0 Å². The maximum Gasteiger partial charge on any atom is 0.306 e. The number of hydrogen-bond donors (Lipinski definition) is 1. The summed E-state index contributed by atoms with van der Waals surface area (Å²) in [5, 5.41) is 13.3.